The lowest BCUT2D eigenvalue weighted by Crippen LogP contribution is -2.44. The lowest BCUT2D eigenvalue weighted by Gasteiger charge is -2.28. The number of furan rings is 1. The maximum Gasteiger partial charge on any atom is 0.297 e. The van der Waals surface area contributed by atoms with Crippen molar-refractivity contribution >= 4 is 28.0 Å². The molecule has 1 aromatic carbocycles. The van der Waals surface area contributed by atoms with Gasteiger partial charge in [-0.05, 0) is 31.5 Å². The first-order valence-electron chi connectivity index (χ1n) is 9.06. The molecule has 1 aliphatic heterocycles. The number of rotatable bonds is 5. The topological polar surface area (TPSA) is 80.4 Å². The Morgan fingerprint density at radius 2 is 2.27 bits per heavy atom. The molecule has 1 saturated heterocycles. The van der Waals surface area contributed by atoms with Crippen molar-refractivity contribution < 1.29 is 9.21 Å². The van der Waals surface area contributed by atoms with Crippen LogP contribution in [0, 0.1) is 0 Å². The summed E-state index contributed by atoms with van der Waals surface area (Å²) in [5, 5.41) is 4.10. The fraction of sp³-hybridized carbons (Fsp3) is 0.421. The van der Waals surface area contributed by atoms with Gasteiger partial charge in [0.15, 0.2) is 0 Å². The van der Waals surface area contributed by atoms with Crippen LogP contribution in [0.2, 0.25) is 0 Å². The number of carbonyl (C=O) groups is 1. The third-order valence-corrected chi connectivity index (χ3v) is 4.92. The molecule has 1 atom stereocenters. The van der Waals surface area contributed by atoms with Crippen LogP contribution in [0.4, 0.5) is 0 Å². The summed E-state index contributed by atoms with van der Waals surface area (Å²) in [6, 6.07) is 7.61. The highest BCUT2D eigenvalue weighted by Crippen LogP contribution is 2.24. The summed E-state index contributed by atoms with van der Waals surface area (Å²) in [6.45, 7) is 4.46. The van der Waals surface area contributed by atoms with Crippen molar-refractivity contribution in [2.24, 2.45) is 0 Å². The monoisotopic (exact) mass is 354 g/mol. The third-order valence-electron chi connectivity index (χ3n) is 4.92. The van der Waals surface area contributed by atoms with Gasteiger partial charge in [0.1, 0.15) is 17.6 Å². The van der Waals surface area contributed by atoms with Crippen molar-refractivity contribution in [3.8, 4) is 0 Å². The molecular formula is C19H22N4O3. The molecule has 1 fully saturated rings. The van der Waals surface area contributed by atoms with Gasteiger partial charge in [-0.15, -0.1) is 0 Å². The minimum Gasteiger partial charge on any atom is -0.448 e. The van der Waals surface area contributed by atoms with E-state index in [1.54, 1.807) is 0 Å². The largest absolute Gasteiger partial charge is 0.448 e. The van der Waals surface area contributed by atoms with Crippen LogP contribution in [0.5, 0.6) is 0 Å². The Bertz CT molecular complexity index is 1000. The van der Waals surface area contributed by atoms with Gasteiger partial charge in [-0.1, -0.05) is 19.1 Å². The third kappa shape index (κ3) is 2.88. The molecule has 136 valence electrons. The van der Waals surface area contributed by atoms with Gasteiger partial charge in [0.25, 0.3) is 5.56 Å². The van der Waals surface area contributed by atoms with Gasteiger partial charge in [-0.25, -0.2) is 4.98 Å². The predicted octanol–water partition coefficient (Wildman–Crippen LogP) is 1.74. The Morgan fingerprint density at radius 1 is 1.42 bits per heavy atom. The highest BCUT2D eigenvalue weighted by Gasteiger charge is 2.26. The number of para-hydroxylation sites is 1. The van der Waals surface area contributed by atoms with Gasteiger partial charge in [-0.3, -0.25) is 14.2 Å². The number of hydrogen-bond donors (Lipinski definition) is 1. The molecule has 7 nitrogen and oxygen atoms in total. The lowest BCUT2D eigenvalue weighted by molar-refractivity contribution is -0.133. The summed E-state index contributed by atoms with van der Waals surface area (Å²) in [6.07, 6.45) is 3.28. The average molecular weight is 354 g/mol. The molecular weight excluding hydrogens is 332 g/mol. The van der Waals surface area contributed by atoms with E-state index in [1.165, 1.54) is 10.9 Å². The Balaban J connectivity index is 1.65. The molecule has 1 N–H and O–H groups in total. The van der Waals surface area contributed by atoms with E-state index in [9.17, 15) is 9.59 Å². The Kier molecular flexibility index (Phi) is 4.46. The molecule has 3 aromatic rings. The summed E-state index contributed by atoms with van der Waals surface area (Å²) in [7, 11) is 0. The maximum atomic E-state index is 12.8. The normalized spacial score (nSPS) is 17.2. The molecule has 7 heteroatoms. The molecule has 0 spiro atoms. The van der Waals surface area contributed by atoms with E-state index in [1.807, 2.05) is 29.2 Å². The van der Waals surface area contributed by atoms with Crippen LogP contribution in [0.3, 0.4) is 0 Å². The van der Waals surface area contributed by atoms with Crippen LogP contribution < -0.4 is 10.9 Å². The molecule has 0 bridgehead atoms. The van der Waals surface area contributed by atoms with E-state index in [0.717, 1.165) is 31.3 Å². The molecule has 1 amide bonds. The molecule has 4 rings (SSSR count). The number of fused-ring (bicyclic) bond motifs is 3. The lowest BCUT2D eigenvalue weighted by atomic mass is 10.2. The van der Waals surface area contributed by atoms with E-state index < -0.39 is 0 Å². The standard InChI is InChI=1S/C19H22N4O3/c1-2-9-23(13-7-8-20-10-13)16(24)11-22-12-21-17-14-5-3-4-6-15(14)26-18(17)19(22)25/h3-6,12-13,20H,2,7-11H2,1H3. The van der Waals surface area contributed by atoms with Crippen molar-refractivity contribution in [1.82, 2.24) is 19.8 Å². The fourth-order valence-corrected chi connectivity index (χ4v) is 3.62. The van der Waals surface area contributed by atoms with Crippen LogP contribution in [-0.2, 0) is 11.3 Å². The summed E-state index contributed by atoms with van der Waals surface area (Å²) in [5.41, 5.74) is 1.05. The molecule has 3 heterocycles. The van der Waals surface area contributed by atoms with Gasteiger partial charge in [0.2, 0.25) is 11.5 Å². The van der Waals surface area contributed by atoms with E-state index in [2.05, 4.69) is 17.2 Å². The first-order valence-corrected chi connectivity index (χ1v) is 9.06. The highest BCUT2D eigenvalue weighted by atomic mass is 16.3. The second-order valence-electron chi connectivity index (χ2n) is 6.69. The van der Waals surface area contributed by atoms with Crippen LogP contribution in [0.25, 0.3) is 22.1 Å². The number of amides is 1. The number of nitrogens with one attached hydrogen (secondary N) is 1. The van der Waals surface area contributed by atoms with Gasteiger partial charge in [0.05, 0.1) is 6.33 Å². The second kappa shape index (κ2) is 6.92. The van der Waals surface area contributed by atoms with E-state index >= 15 is 0 Å². The molecule has 2 aromatic heterocycles. The van der Waals surface area contributed by atoms with Gasteiger partial charge in [0, 0.05) is 24.5 Å². The predicted molar refractivity (Wildman–Crippen MR) is 99.1 cm³/mol. The number of benzene rings is 1. The average Bonchev–Trinajstić information content (AvgIpc) is 3.30. The van der Waals surface area contributed by atoms with Crippen LogP contribution in [0.1, 0.15) is 19.8 Å². The van der Waals surface area contributed by atoms with Crippen molar-refractivity contribution in [2.75, 3.05) is 19.6 Å². The second-order valence-corrected chi connectivity index (χ2v) is 6.69. The minimum atomic E-state index is -0.319. The van der Waals surface area contributed by atoms with Crippen molar-refractivity contribution in [2.45, 2.75) is 32.4 Å². The Labute approximate surface area is 150 Å². The quantitative estimate of drug-likeness (QED) is 0.755. The smallest absolute Gasteiger partial charge is 0.297 e. The molecule has 0 aliphatic carbocycles. The number of hydrogen-bond acceptors (Lipinski definition) is 5. The molecule has 0 saturated carbocycles. The van der Waals surface area contributed by atoms with E-state index in [0.29, 0.717) is 17.6 Å². The van der Waals surface area contributed by atoms with Crippen molar-refractivity contribution in [3.63, 3.8) is 0 Å². The number of nitrogens with zero attached hydrogens (tertiary/aromatic N) is 3. The van der Waals surface area contributed by atoms with Crippen LogP contribution in [0.15, 0.2) is 39.8 Å². The molecule has 0 radical (unpaired) electrons. The highest BCUT2D eigenvalue weighted by molar-refractivity contribution is 6.01. The zero-order chi connectivity index (χ0) is 18.1. The SMILES string of the molecule is CCCN(C(=O)Cn1cnc2c(oc3ccccc32)c1=O)C1CCNC1. The Morgan fingerprint density at radius 3 is 3.04 bits per heavy atom. The summed E-state index contributed by atoms with van der Waals surface area (Å²) in [5.74, 6) is -0.0556. The van der Waals surface area contributed by atoms with Crippen LogP contribution in [-0.4, -0.2) is 46.0 Å². The first-order chi connectivity index (χ1) is 12.7. The molecule has 26 heavy (non-hydrogen) atoms. The maximum absolute atomic E-state index is 12.8. The van der Waals surface area contributed by atoms with Crippen molar-refractivity contribution in [1.29, 1.82) is 0 Å². The fourth-order valence-electron chi connectivity index (χ4n) is 3.62. The number of carbonyl (C=O) groups excluding carboxylic acids is 1. The molecule has 1 aliphatic rings. The van der Waals surface area contributed by atoms with Gasteiger partial charge < -0.3 is 14.6 Å². The summed E-state index contributed by atoms with van der Waals surface area (Å²) in [4.78, 5) is 31.9. The van der Waals surface area contributed by atoms with Crippen LogP contribution >= 0.6 is 0 Å². The number of aromatic nitrogens is 2. The zero-order valence-corrected chi connectivity index (χ0v) is 14.8. The zero-order valence-electron chi connectivity index (χ0n) is 14.8. The minimum absolute atomic E-state index is 0.0185. The van der Waals surface area contributed by atoms with Gasteiger partial charge >= 0.3 is 0 Å². The summed E-state index contributed by atoms with van der Waals surface area (Å²) >= 11 is 0. The summed E-state index contributed by atoms with van der Waals surface area (Å²) < 4.78 is 7.03. The van der Waals surface area contributed by atoms with E-state index in [-0.39, 0.29) is 29.6 Å². The Hall–Kier alpha value is -2.67. The van der Waals surface area contributed by atoms with E-state index in [4.69, 9.17) is 4.42 Å². The van der Waals surface area contributed by atoms with Crippen molar-refractivity contribution in [3.05, 3.63) is 40.9 Å². The molecule has 1 unspecified atom stereocenters. The van der Waals surface area contributed by atoms with Gasteiger partial charge in [-0.2, -0.15) is 0 Å². The first kappa shape index (κ1) is 16.8.